The lowest BCUT2D eigenvalue weighted by atomic mass is 10.1. The number of hydrogen-bond acceptors (Lipinski definition) is 8. The maximum atomic E-state index is 13.4. The Kier molecular flexibility index (Phi) is 6.71. The summed E-state index contributed by atoms with van der Waals surface area (Å²) >= 11 is 0. The molecule has 0 amide bonds. The van der Waals surface area contributed by atoms with E-state index in [-0.39, 0.29) is 5.56 Å². The number of piperidine rings is 1. The van der Waals surface area contributed by atoms with Crippen molar-refractivity contribution in [1.82, 2.24) is 29.0 Å². The van der Waals surface area contributed by atoms with Crippen LogP contribution in [0.15, 0.2) is 53.8 Å². The number of ether oxygens (including phenoxy) is 1. The Morgan fingerprint density at radius 2 is 1.82 bits per heavy atom. The van der Waals surface area contributed by atoms with Gasteiger partial charge in [0.25, 0.3) is 5.56 Å². The van der Waals surface area contributed by atoms with E-state index in [1.54, 1.807) is 16.8 Å². The van der Waals surface area contributed by atoms with E-state index in [0.29, 0.717) is 42.6 Å². The Morgan fingerprint density at radius 1 is 1.05 bits per heavy atom. The topological polar surface area (TPSA) is 102 Å². The summed E-state index contributed by atoms with van der Waals surface area (Å²) in [6.45, 7) is 4.88. The molecule has 1 saturated heterocycles. The van der Waals surface area contributed by atoms with Gasteiger partial charge in [-0.1, -0.05) is 0 Å². The van der Waals surface area contributed by atoms with Crippen molar-refractivity contribution in [2.24, 2.45) is 0 Å². The molecule has 1 aliphatic carbocycles. The van der Waals surface area contributed by atoms with Crippen molar-refractivity contribution in [3.63, 3.8) is 0 Å². The van der Waals surface area contributed by atoms with Gasteiger partial charge in [0.1, 0.15) is 5.65 Å². The molecule has 0 unspecified atom stereocenters. The van der Waals surface area contributed by atoms with E-state index >= 15 is 0 Å². The number of benzene rings is 1. The van der Waals surface area contributed by atoms with Gasteiger partial charge in [-0.05, 0) is 83.1 Å². The minimum atomic E-state index is -0.211. The molecule has 4 heterocycles. The van der Waals surface area contributed by atoms with Crippen molar-refractivity contribution in [3.05, 3.63) is 65.1 Å². The zero-order valence-corrected chi connectivity index (χ0v) is 21.9. The van der Waals surface area contributed by atoms with Gasteiger partial charge in [-0.3, -0.25) is 9.36 Å². The molecule has 2 N–H and O–H groups in total. The summed E-state index contributed by atoms with van der Waals surface area (Å²) in [5.74, 6) is 0.732. The van der Waals surface area contributed by atoms with Crippen LogP contribution in [0.4, 0.5) is 17.3 Å². The summed E-state index contributed by atoms with van der Waals surface area (Å²) in [4.78, 5) is 29.4. The van der Waals surface area contributed by atoms with Gasteiger partial charge in [0.15, 0.2) is 5.75 Å². The molecule has 0 bridgehead atoms. The van der Waals surface area contributed by atoms with Crippen LogP contribution in [0.3, 0.4) is 0 Å². The molecule has 6 rings (SSSR count). The van der Waals surface area contributed by atoms with E-state index in [2.05, 4.69) is 49.2 Å². The number of likely N-dealkylation sites (tertiary alicyclic amines) is 1. The van der Waals surface area contributed by atoms with Gasteiger partial charge in [-0.15, -0.1) is 0 Å². The number of nitrogens with one attached hydrogen (secondary N) is 2. The number of imidazole rings is 1. The Bertz CT molecular complexity index is 1470. The van der Waals surface area contributed by atoms with Crippen molar-refractivity contribution in [1.29, 1.82) is 0 Å². The fourth-order valence-corrected chi connectivity index (χ4v) is 5.06. The van der Waals surface area contributed by atoms with Gasteiger partial charge in [0, 0.05) is 41.2 Å². The summed E-state index contributed by atoms with van der Waals surface area (Å²) in [7, 11) is 2.17. The highest BCUT2D eigenvalue weighted by molar-refractivity contribution is 5.77. The van der Waals surface area contributed by atoms with Crippen molar-refractivity contribution >= 4 is 28.4 Å². The smallest absolute Gasteiger partial charge is 0.294 e. The van der Waals surface area contributed by atoms with E-state index in [1.807, 2.05) is 31.6 Å². The van der Waals surface area contributed by atoms with Crippen LogP contribution in [0, 0.1) is 0 Å². The van der Waals surface area contributed by atoms with Crippen LogP contribution in [-0.2, 0) is 6.54 Å². The highest BCUT2D eigenvalue weighted by Gasteiger charge is 2.26. The van der Waals surface area contributed by atoms with Crippen molar-refractivity contribution in [3.8, 4) is 5.75 Å². The van der Waals surface area contributed by atoms with Crippen LogP contribution in [0.5, 0.6) is 5.75 Å². The van der Waals surface area contributed by atoms with Gasteiger partial charge in [0.05, 0.1) is 25.2 Å². The summed E-state index contributed by atoms with van der Waals surface area (Å²) in [5.41, 5.74) is 3.31. The van der Waals surface area contributed by atoms with E-state index in [4.69, 9.17) is 9.72 Å². The number of fused-ring (bicyclic) bond motifs is 1. The number of anilines is 3. The first-order valence-corrected chi connectivity index (χ1v) is 13.4. The molecule has 1 saturated carbocycles. The predicted molar refractivity (Wildman–Crippen MR) is 148 cm³/mol. The number of pyridine rings is 1. The van der Waals surface area contributed by atoms with Crippen molar-refractivity contribution < 1.29 is 4.74 Å². The first-order valence-electron chi connectivity index (χ1n) is 13.4. The largest absolute Gasteiger partial charge is 0.488 e. The quantitative estimate of drug-likeness (QED) is 0.345. The van der Waals surface area contributed by atoms with E-state index < -0.39 is 0 Å². The minimum absolute atomic E-state index is 0.211. The summed E-state index contributed by atoms with van der Waals surface area (Å²) in [6.07, 6.45) is 9.98. The number of nitrogens with zero attached hydrogens (tertiary/aromatic N) is 6. The lowest BCUT2D eigenvalue weighted by molar-refractivity contribution is 0.264. The molecule has 3 aromatic heterocycles. The third-order valence-corrected chi connectivity index (χ3v) is 7.33. The lowest BCUT2D eigenvalue weighted by Gasteiger charge is -2.30. The Balaban J connectivity index is 1.26. The van der Waals surface area contributed by atoms with Crippen LogP contribution in [0.25, 0.3) is 11.0 Å². The summed E-state index contributed by atoms with van der Waals surface area (Å²) < 4.78 is 9.48. The highest BCUT2D eigenvalue weighted by Crippen LogP contribution is 2.36. The van der Waals surface area contributed by atoms with Crippen LogP contribution >= 0.6 is 0 Å². The molecule has 0 atom stereocenters. The Labute approximate surface area is 221 Å². The summed E-state index contributed by atoms with van der Waals surface area (Å²) in [6, 6.07) is 10.9. The summed E-state index contributed by atoms with van der Waals surface area (Å²) in [5, 5.41) is 7.68. The Hall–Kier alpha value is -3.92. The van der Waals surface area contributed by atoms with Crippen molar-refractivity contribution in [2.45, 2.75) is 51.2 Å². The Morgan fingerprint density at radius 3 is 2.55 bits per heavy atom. The average Bonchev–Trinajstić information content (AvgIpc) is 3.67. The third kappa shape index (κ3) is 5.22. The molecule has 2 aliphatic rings. The highest BCUT2D eigenvalue weighted by atomic mass is 16.5. The molecule has 10 nitrogen and oxygen atoms in total. The second-order valence-electron chi connectivity index (χ2n) is 10.3. The molecule has 38 heavy (non-hydrogen) atoms. The molecule has 1 aliphatic heterocycles. The maximum absolute atomic E-state index is 13.4. The second-order valence-corrected chi connectivity index (χ2v) is 10.3. The molecule has 198 valence electrons. The van der Waals surface area contributed by atoms with Gasteiger partial charge >= 0.3 is 0 Å². The van der Waals surface area contributed by atoms with E-state index in [0.717, 1.165) is 61.2 Å². The second kappa shape index (κ2) is 10.4. The number of hydrogen-bond donors (Lipinski definition) is 2. The van der Waals surface area contributed by atoms with E-state index in [1.165, 1.54) is 0 Å². The molecule has 2 fully saturated rings. The molecule has 0 radical (unpaired) electrons. The minimum Gasteiger partial charge on any atom is -0.488 e. The molecule has 0 spiro atoms. The SMILES string of the molecule is CCOc1cc2cnc(Nc3ccc(NC4CCN(C)CC4)cc3)nc2n(Cc2cncn2C2CC2)c1=O. The van der Waals surface area contributed by atoms with Gasteiger partial charge in [-0.25, -0.2) is 9.97 Å². The zero-order valence-electron chi connectivity index (χ0n) is 21.9. The van der Waals surface area contributed by atoms with Crippen molar-refractivity contribution in [2.75, 3.05) is 37.4 Å². The fraction of sp³-hybridized carbons (Fsp3) is 0.429. The first-order chi connectivity index (χ1) is 18.6. The number of rotatable bonds is 9. The molecule has 10 heteroatoms. The predicted octanol–water partition coefficient (Wildman–Crippen LogP) is 4.02. The third-order valence-electron chi connectivity index (χ3n) is 7.33. The van der Waals surface area contributed by atoms with Crippen LogP contribution < -0.4 is 20.9 Å². The van der Waals surface area contributed by atoms with Crippen LogP contribution in [0.2, 0.25) is 0 Å². The van der Waals surface area contributed by atoms with Crippen LogP contribution in [0.1, 0.15) is 44.3 Å². The molecular weight excluding hydrogens is 480 g/mol. The van der Waals surface area contributed by atoms with Gasteiger partial charge < -0.3 is 24.8 Å². The average molecular weight is 515 g/mol. The maximum Gasteiger partial charge on any atom is 0.294 e. The standard InChI is InChI=1S/C28H34N8O2/c1-3-38-25-14-19-15-30-28(32-21-6-4-20(5-7-21)31-22-10-12-34(2)13-11-22)33-26(19)35(27(25)37)17-24-16-29-18-36(24)23-8-9-23/h4-7,14-16,18,22-23,31H,3,8-13,17H2,1-2H3,(H,30,32,33). The fourth-order valence-electron chi connectivity index (χ4n) is 5.06. The molecule has 1 aromatic carbocycles. The van der Waals surface area contributed by atoms with E-state index in [9.17, 15) is 4.79 Å². The van der Waals surface area contributed by atoms with Gasteiger partial charge in [-0.2, -0.15) is 4.98 Å². The normalized spacial score (nSPS) is 16.6. The van der Waals surface area contributed by atoms with Crippen LogP contribution in [-0.4, -0.2) is 61.8 Å². The first kappa shape index (κ1) is 24.4. The molecule has 4 aromatic rings. The molecular formula is C28H34N8O2. The zero-order chi connectivity index (χ0) is 26.1. The lowest BCUT2D eigenvalue weighted by Crippen LogP contribution is -2.36. The number of aromatic nitrogens is 5. The monoisotopic (exact) mass is 514 g/mol. The van der Waals surface area contributed by atoms with Gasteiger partial charge in [0.2, 0.25) is 5.95 Å².